The number of benzene rings is 2. The molecule has 0 saturated carbocycles. The van der Waals surface area contributed by atoms with Crippen LogP contribution < -0.4 is 10.1 Å². The van der Waals surface area contributed by atoms with Crippen molar-refractivity contribution in [3.05, 3.63) is 83.6 Å². The van der Waals surface area contributed by atoms with Gasteiger partial charge in [0.2, 0.25) is 0 Å². The minimum atomic E-state index is -0.0775. The van der Waals surface area contributed by atoms with Gasteiger partial charge in [-0.05, 0) is 48.4 Å². The van der Waals surface area contributed by atoms with Crippen LogP contribution in [-0.2, 0) is 6.42 Å². The van der Waals surface area contributed by atoms with E-state index in [0.29, 0.717) is 12.1 Å². The Morgan fingerprint density at radius 3 is 2.73 bits per heavy atom. The summed E-state index contributed by atoms with van der Waals surface area (Å²) >= 11 is 0. The summed E-state index contributed by atoms with van der Waals surface area (Å²) in [6.45, 7) is 2.56. The summed E-state index contributed by atoms with van der Waals surface area (Å²) in [6, 6.07) is 19.4. The van der Waals surface area contributed by atoms with Gasteiger partial charge in [-0.3, -0.25) is 9.78 Å². The predicted molar refractivity (Wildman–Crippen MR) is 101 cm³/mol. The molecule has 0 aliphatic carbocycles. The molecule has 0 unspecified atom stereocenters. The monoisotopic (exact) mass is 344 g/mol. The maximum absolute atomic E-state index is 12.2. The second-order valence-electron chi connectivity index (χ2n) is 6.54. The van der Waals surface area contributed by atoms with Crippen LogP contribution in [0.2, 0.25) is 0 Å². The Labute approximate surface area is 152 Å². The van der Waals surface area contributed by atoms with Crippen LogP contribution in [0.15, 0.2) is 66.9 Å². The Hall–Kier alpha value is -3.14. The number of nitrogens with one attached hydrogen (secondary N) is 1. The number of aryl methyl sites for hydroxylation is 1. The van der Waals surface area contributed by atoms with Crippen molar-refractivity contribution in [3.8, 4) is 17.0 Å². The third-order valence-corrected chi connectivity index (χ3v) is 4.51. The van der Waals surface area contributed by atoms with E-state index in [1.165, 1.54) is 11.1 Å². The summed E-state index contributed by atoms with van der Waals surface area (Å²) in [6.07, 6.45) is 2.50. The minimum Gasteiger partial charge on any atom is -0.487 e. The van der Waals surface area contributed by atoms with Crippen molar-refractivity contribution in [2.24, 2.45) is 0 Å². The molecule has 1 aliphatic rings. The smallest absolute Gasteiger partial charge is 0.251 e. The first-order chi connectivity index (χ1) is 12.7. The molecule has 0 saturated heterocycles. The van der Waals surface area contributed by atoms with E-state index >= 15 is 0 Å². The van der Waals surface area contributed by atoms with Crippen molar-refractivity contribution < 1.29 is 9.53 Å². The molecule has 4 heteroatoms. The lowest BCUT2D eigenvalue weighted by atomic mass is 10.0. The van der Waals surface area contributed by atoms with E-state index in [2.05, 4.69) is 29.4 Å². The van der Waals surface area contributed by atoms with Gasteiger partial charge in [-0.15, -0.1) is 0 Å². The molecule has 4 rings (SSSR count). The summed E-state index contributed by atoms with van der Waals surface area (Å²) in [5.74, 6) is 0.805. The molecular weight excluding hydrogens is 324 g/mol. The molecule has 1 amide bonds. The normalized spacial score (nSPS) is 15.2. The highest BCUT2D eigenvalue weighted by Gasteiger charge is 2.27. The van der Waals surface area contributed by atoms with Crippen molar-refractivity contribution >= 4 is 5.91 Å². The quantitative estimate of drug-likeness (QED) is 0.783. The Kier molecular flexibility index (Phi) is 4.40. The first-order valence-electron chi connectivity index (χ1n) is 8.75. The number of ether oxygens (including phenoxy) is 1. The van der Waals surface area contributed by atoms with Crippen LogP contribution in [0.4, 0.5) is 0 Å². The summed E-state index contributed by atoms with van der Waals surface area (Å²) in [5, 5.41) is 2.97. The fourth-order valence-electron chi connectivity index (χ4n) is 3.32. The van der Waals surface area contributed by atoms with Crippen LogP contribution in [0.5, 0.6) is 5.75 Å². The molecule has 1 N–H and O–H groups in total. The lowest BCUT2D eigenvalue weighted by molar-refractivity contribution is 0.0933. The van der Waals surface area contributed by atoms with E-state index in [0.717, 1.165) is 23.4 Å². The highest BCUT2D eigenvalue weighted by atomic mass is 16.5. The van der Waals surface area contributed by atoms with Crippen LogP contribution in [0, 0.1) is 6.92 Å². The number of rotatable bonds is 4. The first-order valence-corrected chi connectivity index (χ1v) is 8.75. The molecule has 0 bridgehead atoms. The molecule has 1 aromatic heterocycles. The number of amides is 1. The van der Waals surface area contributed by atoms with E-state index in [9.17, 15) is 4.79 Å². The fourth-order valence-corrected chi connectivity index (χ4v) is 3.32. The van der Waals surface area contributed by atoms with Crippen LogP contribution in [0.25, 0.3) is 11.3 Å². The third kappa shape index (κ3) is 3.31. The molecule has 0 fully saturated rings. The standard InChI is InChI=1S/C22H20N2O2/c1-15-11-17-13-18(14-24-22(25)16-7-3-2-4-8-16)26-21(17)19(12-15)20-9-5-6-10-23-20/h2-12,18H,13-14H2,1H3,(H,24,25)/t18-/m1/s1. The molecule has 26 heavy (non-hydrogen) atoms. The van der Waals surface area contributed by atoms with Crippen molar-refractivity contribution in [1.29, 1.82) is 0 Å². The maximum Gasteiger partial charge on any atom is 0.251 e. The largest absolute Gasteiger partial charge is 0.487 e. The molecule has 0 radical (unpaired) electrons. The second-order valence-corrected chi connectivity index (χ2v) is 6.54. The van der Waals surface area contributed by atoms with Crippen LogP contribution in [0.3, 0.4) is 0 Å². The first kappa shape index (κ1) is 16.3. The molecule has 2 heterocycles. The molecule has 0 spiro atoms. The third-order valence-electron chi connectivity index (χ3n) is 4.51. The van der Waals surface area contributed by atoms with Gasteiger partial charge in [0.15, 0.2) is 0 Å². The van der Waals surface area contributed by atoms with Gasteiger partial charge in [-0.25, -0.2) is 0 Å². The Morgan fingerprint density at radius 2 is 1.96 bits per heavy atom. The zero-order chi connectivity index (χ0) is 17.9. The average molecular weight is 344 g/mol. The highest BCUT2D eigenvalue weighted by molar-refractivity contribution is 5.94. The number of hydrogen-bond acceptors (Lipinski definition) is 3. The number of nitrogens with zero attached hydrogens (tertiary/aromatic N) is 1. The molecule has 4 nitrogen and oxygen atoms in total. The van der Waals surface area contributed by atoms with Crippen LogP contribution in [0.1, 0.15) is 21.5 Å². The predicted octanol–water partition coefficient (Wildman–Crippen LogP) is 3.79. The molecule has 3 aromatic rings. The molecule has 1 atom stereocenters. The zero-order valence-electron chi connectivity index (χ0n) is 14.6. The number of carbonyl (C=O) groups excluding carboxylic acids is 1. The Morgan fingerprint density at radius 1 is 1.15 bits per heavy atom. The van der Waals surface area contributed by atoms with Crippen LogP contribution >= 0.6 is 0 Å². The van der Waals surface area contributed by atoms with Crippen molar-refractivity contribution in [3.63, 3.8) is 0 Å². The Bertz CT molecular complexity index is 924. The zero-order valence-corrected chi connectivity index (χ0v) is 14.6. The van der Waals surface area contributed by atoms with Gasteiger partial charge >= 0.3 is 0 Å². The SMILES string of the molecule is Cc1cc2c(c(-c3ccccn3)c1)O[C@@H](CNC(=O)c1ccccc1)C2. The topological polar surface area (TPSA) is 51.2 Å². The van der Waals surface area contributed by atoms with Crippen molar-refractivity contribution in [2.45, 2.75) is 19.4 Å². The summed E-state index contributed by atoms with van der Waals surface area (Å²) in [5.41, 5.74) is 4.93. The van der Waals surface area contributed by atoms with Gasteiger partial charge in [0.05, 0.1) is 12.2 Å². The molecule has 1 aliphatic heterocycles. The summed E-state index contributed by atoms with van der Waals surface area (Å²) in [7, 11) is 0. The van der Waals surface area contributed by atoms with Gasteiger partial charge in [0.1, 0.15) is 11.9 Å². The lowest BCUT2D eigenvalue weighted by Crippen LogP contribution is -2.34. The number of fused-ring (bicyclic) bond motifs is 1. The van der Waals surface area contributed by atoms with Crippen molar-refractivity contribution in [1.82, 2.24) is 10.3 Å². The average Bonchev–Trinajstić information content (AvgIpc) is 3.09. The van der Waals surface area contributed by atoms with Gasteiger partial charge < -0.3 is 10.1 Å². The molecular formula is C22H20N2O2. The number of carbonyl (C=O) groups is 1. The number of aromatic nitrogens is 1. The summed E-state index contributed by atoms with van der Waals surface area (Å²) < 4.78 is 6.18. The minimum absolute atomic E-state index is 0.0677. The van der Waals surface area contributed by atoms with E-state index < -0.39 is 0 Å². The van der Waals surface area contributed by atoms with Crippen molar-refractivity contribution in [2.75, 3.05) is 6.54 Å². The molecule has 130 valence electrons. The van der Waals surface area contributed by atoms with Gasteiger partial charge in [0.25, 0.3) is 5.91 Å². The van der Waals surface area contributed by atoms with E-state index in [-0.39, 0.29) is 12.0 Å². The van der Waals surface area contributed by atoms with Gasteiger partial charge in [0, 0.05) is 23.7 Å². The van der Waals surface area contributed by atoms with Gasteiger partial charge in [-0.1, -0.05) is 30.3 Å². The fraction of sp³-hybridized carbons (Fsp3) is 0.182. The van der Waals surface area contributed by atoms with E-state index in [4.69, 9.17) is 4.74 Å². The Balaban J connectivity index is 1.50. The maximum atomic E-state index is 12.2. The highest BCUT2D eigenvalue weighted by Crippen LogP contribution is 2.39. The lowest BCUT2D eigenvalue weighted by Gasteiger charge is -2.13. The van der Waals surface area contributed by atoms with Gasteiger partial charge in [-0.2, -0.15) is 0 Å². The summed E-state index contributed by atoms with van der Waals surface area (Å²) in [4.78, 5) is 16.7. The number of pyridine rings is 1. The van der Waals surface area contributed by atoms with E-state index in [1.54, 1.807) is 6.20 Å². The van der Waals surface area contributed by atoms with E-state index in [1.807, 2.05) is 48.5 Å². The second kappa shape index (κ2) is 7.00. The number of hydrogen-bond donors (Lipinski definition) is 1. The molecule has 2 aromatic carbocycles. The van der Waals surface area contributed by atoms with Crippen LogP contribution in [-0.4, -0.2) is 23.5 Å².